The van der Waals surface area contributed by atoms with Crippen LogP contribution in [0.1, 0.15) is 36.0 Å². The van der Waals surface area contributed by atoms with E-state index < -0.39 is 17.8 Å². The Bertz CT molecular complexity index is 462. The maximum Gasteiger partial charge on any atom is 0.335 e. The smallest absolute Gasteiger partial charge is 0.335 e. The van der Waals surface area contributed by atoms with Gasteiger partial charge in [0.15, 0.2) is 0 Å². The minimum Gasteiger partial charge on any atom is -0.481 e. The van der Waals surface area contributed by atoms with Crippen molar-refractivity contribution in [2.75, 3.05) is 11.9 Å². The molecule has 1 aromatic rings. The van der Waals surface area contributed by atoms with Crippen molar-refractivity contribution in [3.05, 3.63) is 29.6 Å². The summed E-state index contributed by atoms with van der Waals surface area (Å²) in [4.78, 5) is 21.0. The van der Waals surface area contributed by atoms with Crippen LogP contribution in [0.25, 0.3) is 0 Å². The number of carboxylic acid groups (broad SMARTS) is 2. The van der Waals surface area contributed by atoms with Gasteiger partial charge in [0.1, 0.15) is 5.82 Å². The second-order valence-corrected chi connectivity index (χ2v) is 4.16. The van der Waals surface area contributed by atoms with Gasteiger partial charge in [-0.05, 0) is 31.0 Å². The first-order valence-electron chi connectivity index (χ1n) is 5.98. The number of hydrogen-bond donors (Lipinski definition) is 3. The molecule has 6 heteroatoms. The molecule has 5 nitrogen and oxygen atoms in total. The van der Waals surface area contributed by atoms with Crippen molar-refractivity contribution in [3.8, 4) is 0 Å². The van der Waals surface area contributed by atoms with Crippen molar-refractivity contribution in [3.63, 3.8) is 0 Å². The number of halogens is 1. The van der Waals surface area contributed by atoms with Gasteiger partial charge in [0, 0.05) is 18.7 Å². The zero-order valence-corrected chi connectivity index (χ0v) is 10.4. The van der Waals surface area contributed by atoms with E-state index in [0.717, 1.165) is 18.9 Å². The number of hydrogen-bond acceptors (Lipinski definition) is 3. The highest BCUT2D eigenvalue weighted by Gasteiger charge is 2.06. The van der Waals surface area contributed by atoms with Gasteiger partial charge in [-0.15, -0.1) is 0 Å². The summed E-state index contributed by atoms with van der Waals surface area (Å²) in [6, 6.07) is 3.55. The molecule has 0 bridgehead atoms. The summed E-state index contributed by atoms with van der Waals surface area (Å²) in [6.07, 6.45) is 2.23. The van der Waals surface area contributed by atoms with E-state index in [0.29, 0.717) is 18.7 Å². The molecule has 0 fully saturated rings. The van der Waals surface area contributed by atoms with E-state index in [-0.39, 0.29) is 12.0 Å². The lowest BCUT2D eigenvalue weighted by Gasteiger charge is -2.07. The van der Waals surface area contributed by atoms with Crippen molar-refractivity contribution in [2.24, 2.45) is 0 Å². The molecule has 1 rings (SSSR count). The highest BCUT2D eigenvalue weighted by atomic mass is 19.1. The quantitative estimate of drug-likeness (QED) is 0.631. The van der Waals surface area contributed by atoms with Crippen molar-refractivity contribution in [2.45, 2.75) is 25.7 Å². The average Bonchev–Trinajstić information content (AvgIpc) is 2.32. The molecule has 0 unspecified atom stereocenters. The lowest BCUT2D eigenvalue weighted by atomic mass is 10.1. The number of carbonyl (C=O) groups is 2. The van der Waals surface area contributed by atoms with Gasteiger partial charge in [-0.2, -0.15) is 0 Å². The first-order valence-corrected chi connectivity index (χ1v) is 5.98. The van der Waals surface area contributed by atoms with Gasteiger partial charge in [-0.25, -0.2) is 9.18 Å². The number of anilines is 1. The minimum atomic E-state index is -1.18. The van der Waals surface area contributed by atoms with Crippen molar-refractivity contribution < 1.29 is 24.2 Å². The number of benzene rings is 1. The van der Waals surface area contributed by atoms with Crippen LogP contribution in [0.4, 0.5) is 10.1 Å². The third kappa shape index (κ3) is 5.85. The van der Waals surface area contributed by atoms with Crippen LogP contribution in [0.3, 0.4) is 0 Å². The topological polar surface area (TPSA) is 86.6 Å². The zero-order valence-electron chi connectivity index (χ0n) is 10.4. The molecular formula is C13H16FNO4. The Morgan fingerprint density at radius 1 is 1.11 bits per heavy atom. The number of nitrogens with one attached hydrogen (secondary N) is 1. The largest absolute Gasteiger partial charge is 0.481 e. The summed E-state index contributed by atoms with van der Waals surface area (Å²) in [5, 5.41) is 20.1. The third-order valence-corrected chi connectivity index (χ3v) is 2.54. The summed E-state index contributed by atoms with van der Waals surface area (Å²) < 4.78 is 13.1. The standard InChI is InChI=1S/C13H16FNO4/c14-10-6-9(13(18)19)7-11(8-10)15-5-3-1-2-4-12(16)17/h6-8,15H,1-5H2,(H,16,17)(H,18,19). The summed E-state index contributed by atoms with van der Waals surface area (Å²) in [5.41, 5.74) is 0.309. The summed E-state index contributed by atoms with van der Waals surface area (Å²) >= 11 is 0. The van der Waals surface area contributed by atoms with Crippen LogP contribution in [0.5, 0.6) is 0 Å². The summed E-state index contributed by atoms with van der Waals surface area (Å²) in [7, 11) is 0. The number of carboxylic acids is 2. The number of unbranched alkanes of at least 4 members (excludes halogenated alkanes) is 2. The van der Waals surface area contributed by atoms with Gasteiger partial charge in [-0.1, -0.05) is 6.42 Å². The average molecular weight is 269 g/mol. The molecular weight excluding hydrogens is 253 g/mol. The van der Waals surface area contributed by atoms with Gasteiger partial charge in [0.2, 0.25) is 0 Å². The maximum atomic E-state index is 13.1. The predicted octanol–water partition coefficient (Wildman–Crippen LogP) is 2.58. The number of aromatic carboxylic acids is 1. The molecule has 0 amide bonds. The van der Waals surface area contributed by atoms with E-state index in [9.17, 15) is 14.0 Å². The summed E-state index contributed by atoms with van der Waals surface area (Å²) in [5.74, 6) is -2.60. The monoisotopic (exact) mass is 269 g/mol. The molecule has 0 aromatic heterocycles. The fourth-order valence-corrected chi connectivity index (χ4v) is 1.63. The molecule has 3 N–H and O–H groups in total. The van der Waals surface area contributed by atoms with Crippen LogP contribution in [-0.4, -0.2) is 28.7 Å². The second kappa shape index (κ2) is 7.35. The van der Waals surface area contributed by atoms with Gasteiger partial charge in [0.05, 0.1) is 5.56 Å². The van der Waals surface area contributed by atoms with Crippen LogP contribution in [0.15, 0.2) is 18.2 Å². The summed E-state index contributed by atoms with van der Waals surface area (Å²) in [6.45, 7) is 0.544. The van der Waals surface area contributed by atoms with Gasteiger partial charge in [0.25, 0.3) is 0 Å². The number of aliphatic carboxylic acids is 1. The fourth-order valence-electron chi connectivity index (χ4n) is 1.63. The molecule has 0 aliphatic carbocycles. The molecule has 0 saturated carbocycles. The highest BCUT2D eigenvalue weighted by molar-refractivity contribution is 5.88. The molecule has 19 heavy (non-hydrogen) atoms. The Kier molecular flexibility index (Phi) is 5.78. The Labute approximate surface area is 110 Å². The molecule has 0 radical (unpaired) electrons. The van der Waals surface area contributed by atoms with Gasteiger partial charge >= 0.3 is 11.9 Å². The zero-order chi connectivity index (χ0) is 14.3. The predicted molar refractivity (Wildman–Crippen MR) is 68.0 cm³/mol. The van der Waals surface area contributed by atoms with Crippen molar-refractivity contribution in [1.82, 2.24) is 0 Å². The van der Waals surface area contributed by atoms with Gasteiger partial charge in [-0.3, -0.25) is 4.79 Å². The Balaban J connectivity index is 2.37. The normalized spacial score (nSPS) is 10.2. The molecule has 0 aliphatic heterocycles. The first kappa shape index (κ1) is 14.9. The maximum absolute atomic E-state index is 13.1. The van der Waals surface area contributed by atoms with Crippen LogP contribution >= 0.6 is 0 Å². The SMILES string of the molecule is O=C(O)CCCCCNc1cc(F)cc(C(=O)O)c1. The van der Waals surface area contributed by atoms with E-state index in [2.05, 4.69) is 5.32 Å². The van der Waals surface area contributed by atoms with Gasteiger partial charge < -0.3 is 15.5 Å². The van der Waals surface area contributed by atoms with E-state index in [1.807, 2.05) is 0 Å². The van der Waals surface area contributed by atoms with Crippen LogP contribution in [-0.2, 0) is 4.79 Å². The Morgan fingerprint density at radius 2 is 1.84 bits per heavy atom. The van der Waals surface area contributed by atoms with Crippen LogP contribution < -0.4 is 5.32 Å². The Morgan fingerprint density at radius 3 is 2.47 bits per heavy atom. The van der Waals surface area contributed by atoms with E-state index in [1.165, 1.54) is 12.1 Å². The second-order valence-electron chi connectivity index (χ2n) is 4.16. The third-order valence-electron chi connectivity index (χ3n) is 2.54. The van der Waals surface area contributed by atoms with E-state index in [4.69, 9.17) is 10.2 Å². The Hall–Kier alpha value is -2.11. The van der Waals surface area contributed by atoms with Crippen molar-refractivity contribution in [1.29, 1.82) is 0 Å². The fraction of sp³-hybridized carbons (Fsp3) is 0.385. The molecule has 0 heterocycles. The highest BCUT2D eigenvalue weighted by Crippen LogP contribution is 2.14. The molecule has 0 spiro atoms. The molecule has 0 saturated heterocycles. The molecule has 0 aliphatic rings. The van der Waals surface area contributed by atoms with Crippen LogP contribution in [0.2, 0.25) is 0 Å². The lowest BCUT2D eigenvalue weighted by molar-refractivity contribution is -0.137. The number of rotatable bonds is 8. The van der Waals surface area contributed by atoms with Crippen LogP contribution in [0, 0.1) is 5.82 Å². The molecule has 1 aromatic carbocycles. The van der Waals surface area contributed by atoms with E-state index >= 15 is 0 Å². The lowest BCUT2D eigenvalue weighted by Crippen LogP contribution is -2.05. The molecule has 0 atom stereocenters. The van der Waals surface area contributed by atoms with Crippen molar-refractivity contribution >= 4 is 17.6 Å². The molecule has 104 valence electrons. The first-order chi connectivity index (χ1) is 8.99. The van der Waals surface area contributed by atoms with E-state index in [1.54, 1.807) is 0 Å². The minimum absolute atomic E-state index is 0.103.